The highest BCUT2D eigenvalue weighted by molar-refractivity contribution is 9.10. The zero-order valence-corrected chi connectivity index (χ0v) is 14.1. The lowest BCUT2D eigenvalue weighted by Crippen LogP contribution is -2.10. The summed E-state index contributed by atoms with van der Waals surface area (Å²) in [6.07, 6.45) is 0. The molecule has 2 aromatic rings. The average Bonchev–Trinajstić information content (AvgIpc) is 2.34. The first kappa shape index (κ1) is 15.6. The minimum absolute atomic E-state index is 0.0400. The van der Waals surface area contributed by atoms with Gasteiger partial charge in [-0.05, 0) is 31.2 Å². The summed E-state index contributed by atoms with van der Waals surface area (Å²) in [5.74, 6) is -0.0860. The summed E-state index contributed by atoms with van der Waals surface area (Å²) >= 11 is 15.1. The Kier molecular flexibility index (Phi) is 4.64. The summed E-state index contributed by atoms with van der Waals surface area (Å²) in [6, 6.07) is 9.31. The molecule has 0 spiro atoms. The molecule has 0 heterocycles. The molecule has 0 atom stereocenters. The Labute approximate surface area is 135 Å². The minimum atomic E-state index is -3.97. The first-order valence-electron chi connectivity index (χ1n) is 5.45. The Morgan fingerprint density at radius 2 is 1.55 bits per heavy atom. The van der Waals surface area contributed by atoms with Crippen molar-refractivity contribution in [3.05, 3.63) is 56.5 Å². The molecular weight excluding hydrogens is 387 g/mol. The molecule has 106 valence electrons. The zero-order chi connectivity index (χ0) is 14.9. The Morgan fingerprint density at radius 3 is 2.05 bits per heavy atom. The van der Waals surface area contributed by atoms with Gasteiger partial charge in [-0.2, -0.15) is 8.42 Å². The van der Waals surface area contributed by atoms with Crippen molar-refractivity contribution in [1.82, 2.24) is 0 Å². The lowest BCUT2D eigenvalue weighted by atomic mass is 10.2. The highest BCUT2D eigenvalue weighted by Gasteiger charge is 2.20. The molecule has 0 aliphatic heterocycles. The first-order valence-corrected chi connectivity index (χ1v) is 8.41. The Morgan fingerprint density at radius 1 is 1.05 bits per heavy atom. The molecule has 0 amide bonds. The van der Waals surface area contributed by atoms with Crippen molar-refractivity contribution in [2.24, 2.45) is 0 Å². The van der Waals surface area contributed by atoms with E-state index in [0.29, 0.717) is 4.47 Å². The quantitative estimate of drug-likeness (QED) is 0.699. The molecule has 0 aromatic heterocycles. The molecule has 3 nitrogen and oxygen atoms in total. The van der Waals surface area contributed by atoms with Gasteiger partial charge < -0.3 is 4.18 Å². The smallest absolute Gasteiger partial charge is 0.339 e. The second-order valence-electron chi connectivity index (χ2n) is 4.05. The number of hydrogen-bond donors (Lipinski definition) is 0. The largest absolute Gasteiger partial charge is 0.376 e. The third-order valence-electron chi connectivity index (χ3n) is 2.47. The van der Waals surface area contributed by atoms with Gasteiger partial charge >= 0.3 is 10.1 Å². The van der Waals surface area contributed by atoms with Crippen molar-refractivity contribution >= 4 is 49.2 Å². The summed E-state index contributed by atoms with van der Waals surface area (Å²) in [7, 11) is -3.97. The van der Waals surface area contributed by atoms with E-state index in [-0.39, 0.29) is 20.7 Å². The van der Waals surface area contributed by atoms with Crippen molar-refractivity contribution in [3.8, 4) is 5.75 Å². The van der Waals surface area contributed by atoms with E-state index in [0.717, 1.165) is 5.56 Å². The van der Waals surface area contributed by atoms with Crippen molar-refractivity contribution in [2.45, 2.75) is 11.8 Å². The molecule has 7 heteroatoms. The fourth-order valence-electron chi connectivity index (χ4n) is 1.47. The van der Waals surface area contributed by atoms with Crippen LogP contribution in [0.4, 0.5) is 0 Å². The third-order valence-corrected chi connectivity index (χ3v) is 4.72. The van der Waals surface area contributed by atoms with Crippen LogP contribution < -0.4 is 4.18 Å². The monoisotopic (exact) mass is 394 g/mol. The second kappa shape index (κ2) is 5.93. The highest BCUT2D eigenvalue weighted by Crippen LogP contribution is 2.37. The molecule has 20 heavy (non-hydrogen) atoms. The Hall–Kier alpha value is -0.750. The fourth-order valence-corrected chi connectivity index (χ4v) is 3.81. The summed E-state index contributed by atoms with van der Waals surface area (Å²) in [5.41, 5.74) is 0.948. The Bertz CT molecular complexity index is 720. The Balaban J connectivity index is 2.41. The van der Waals surface area contributed by atoms with Crippen LogP contribution in [0.5, 0.6) is 5.75 Å². The fraction of sp³-hybridized carbons (Fsp3) is 0.0769. The van der Waals surface area contributed by atoms with Crippen molar-refractivity contribution in [2.75, 3.05) is 0 Å². The van der Waals surface area contributed by atoms with Gasteiger partial charge in [0, 0.05) is 4.47 Å². The molecule has 2 aromatic carbocycles. The van der Waals surface area contributed by atoms with Crippen LogP contribution in [0.1, 0.15) is 5.56 Å². The maximum atomic E-state index is 12.2. The lowest BCUT2D eigenvalue weighted by molar-refractivity contribution is 0.486. The molecular formula is C13H9BrCl2O3S. The number of hydrogen-bond acceptors (Lipinski definition) is 3. The van der Waals surface area contributed by atoms with Gasteiger partial charge in [-0.1, -0.05) is 56.8 Å². The van der Waals surface area contributed by atoms with E-state index >= 15 is 0 Å². The van der Waals surface area contributed by atoms with Crippen molar-refractivity contribution < 1.29 is 12.6 Å². The van der Waals surface area contributed by atoms with Gasteiger partial charge in [0.15, 0.2) is 5.75 Å². The van der Waals surface area contributed by atoms with Crippen LogP contribution in [0.2, 0.25) is 10.0 Å². The zero-order valence-electron chi connectivity index (χ0n) is 10.2. The predicted molar refractivity (Wildman–Crippen MR) is 83.2 cm³/mol. The third kappa shape index (κ3) is 3.47. The van der Waals surface area contributed by atoms with Crippen LogP contribution in [0, 0.1) is 6.92 Å². The van der Waals surface area contributed by atoms with Crippen LogP contribution >= 0.6 is 39.1 Å². The second-order valence-corrected chi connectivity index (χ2v) is 7.33. The van der Waals surface area contributed by atoms with E-state index in [1.54, 1.807) is 12.1 Å². The van der Waals surface area contributed by atoms with E-state index in [9.17, 15) is 8.42 Å². The standard InChI is InChI=1S/C13H9BrCl2O3S/c1-8-2-4-10(5-3-8)20(17,18)19-13-11(15)6-9(14)7-12(13)16/h2-7H,1H3. The molecule has 0 fully saturated rings. The molecule has 0 radical (unpaired) electrons. The summed E-state index contributed by atoms with van der Waals surface area (Å²) < 4.78 is 30.0. The highest BCUT2D eigenvalue weighted by atomic mass is 79.9. The van der Waals surface area contributed by atoms with E-state index in [1.165, 1.54) is 24.3 Å². The van der Waals surface area contributed by atoms with Crippen LogP contribution in [-0.2, 0) is 10.1 Å². The summed E-state index contributed by atoms with van der Waals surface area (Å²) in [6.45, 7) is 1.86. The molecule has 0 aliphatic carbocycles. The van der Waals surface area contributed by atoms with Crippen LogP contribution in [0.25, 0.3) is 0 Å². The van der Waals surface area contributed by atoms with Gasteiger partial charge in [0.25, 0.3) is 0 Å². The number of benzene rings is 2. The number of rotatable bonds is 3. The maximum Gasteiger partial charge on any atom is 0.339 e. The molecule has 0 unspecified atom stereocenters. The van der Waals surface area contributed by atoms with Crippen molar-refractivity contribution in [3.63, 3.8) is 0 Å². The van der Waals surface area contributed by atoms with Gasteiger partial charge in [0.2, 0.25) is 0 Å². The molecule has 2 rings (SSSR count). The van der Waals surface area contributed by atoms with E-state index in [1.807, 2.05) is 6.92 Å². The van der Waals surface area contributed by atoms with E-state index in [2.05, 4.69) is 15.9 Å². The van der Waals surface area contributed by atoms with Crippen molar-refractivity contribution in [1.29, 1.82) is 0 Å². The van der Waals surface area contributed by atoms with E-state index in [4.69, 9.17) is 27.4 Å². The first-order chi connectivity index (χ1) is 9.29. The van der Waals surface area contributed by atoms with Gasteiger partial charge in [-0.25, -0.2) is 0 Å². The molecule has 0 saturated carbocycles. The normalized spacial score (nSPS) is 11.4. The summed E-state index contributed by atoms with van der Waals surface area (Å²) in [4.78, 5) is 0.0400. The van der Waals surface area contributed by atoms with Gasteiger partial charge in [0.1, 0.15) is 4.90 Å². The van der Waals surface area contributed by atoms with E-state index < -0.39 is 10.1 Å². The molecule has 0 N–H and O–H groups in total. The maximum absolute atomic E-state index is 12.2. The predicted octanol–water partition coefficient (Wildman–Crippen LogP) is 4.83. The number of aryl methyl sites for hydroxylation is 1. The number of halogens is 3. The van der Waals surface area contributed by atoms with Crippen LogP contribution in [0.15, 0.2) is 45.8 Å². The molecule has 0 saturated heterocycles. The molecule has 0 bridgehead atoms. The van der Waals surface area contributed by atoms with Crippen LogP contribution in [0.3, 0.4) is 0 Å². The SMILES string of the molecule is Cc1ccc(S(=O)(=O)Oc2c(Cl)cc(Br)cc2Cl)cc1. The van der Waals surface area contributed by atoms with Gasteiger partial charge in [0.05, 0.1) is 10.0 Å². The average molecular weight is 396 g/mol. The lowest BCUT2D eigenvalue weighted by Gasteiger charge is -2.10. The summed E-state index contributed by atoms with van der Waals surface area (Å²) in [5, 5.41) is 0.222. The minimum Gasteiger partial charge on any atom is -0.376 e. The topological polar surface area (TPSA) is 43.4 Å². The van der Waals surface area contributed by atoms with Crippen LogP contribution in [-0.4, -0.2) is 8.42 Å². The molecule has 0 aliphatic rings. The van der Waals surface area contributed by atoms with Gasteiger partial charge in [-0.3, -0.25) is 0 Å². The van der Waals surface area contributed by atoms with Gasteiger partial charge in [-0.15, -0.1) is 0 Å².